The molecule has 1 unspecified atom stereocenters. The lowest BCUT2D eigenvalue weighted by molar-refractivity contribution is 0.0954. The molecule has 2 rings (SSSR count). The van der Waals surface area contributed by atoms with Crippen molar-refractivity contribution >= 4 is 5.78 Å². The number of hydrogen-bond acceptors (Lipinski definition) is 3. The first-order valence-electron chi connectivity index (χ1n) is 5.19. The second-order valence-corrected chi connectivity index (χ2v) is 3.80. The number of hydrogen-bond donors (Lipinski definition) is 1. The number of fused-ring (bicyclic) bond motifs is 1. The maximum atomic E-state index is 11.9. The Morgan fingerprint density at radius 3 is 3.07 bits per heavy atom. The Kier molecular flexibility index (Phi) is 2.73. The van der Waals surface area contributed by atoms with Crippen LogP contribution in [0.5, 0.6) is 5.75 Å². The maximum Gasteiger partial charge on any atom is 0.179 e. The molecule has 1 N–H and O–H groups in total. The summed E-state index contributed by atoms with van der Waals surface area (Å²) in [6, 6.07) is 5.56. The molecule has 0 amide bonds. The van der Waals surface area contributed by atoms with E-state index < -0.39 is 0 Å². The molecule has 0 fully saturated rings. The molecule has 0 saturated heterocycles. The molecule has 1 aromatic carbocycles. The van der Waals surface area contributed by atoms with Gasteiger partial charge in [0.1, 0.15) is 5.75 Å². The van der Waals surface area contributed by atoms with Gasteiger partial charge in [-0.15, -0.1) is 0 Å². The van der Waals surface area contributed by atoms with Gasteiger partial charge in [0.05, 0.1) is 12.6 Å². The minimum absolute atomic E-state index is 0.107. The molecule has 0 radical (unpaired) electrons. The van der Waals surface area contributed by atoms with Gasteiger partial charge in [0.15, 0.2) is 5.78 Å². The van der Waals surface area contributed by atoms with Crippen molar-refractivity contribution in [2.24, 2.45) is 0 Å². The summed E-state index contributed by atoms with van der Waals surface area (Å²) < 4.78 is 5.43. The van der Waals surface area contributed by atoms with Crippen molar-refractivity contribution in [3.8, 4) is 5.75 Å². The molecule has 0 bridgehead atoms. The smallest absolute Gasteiger partial charge is 0.179 e. The summed E-state index contributed by atoms with van der Waals surface area (Å²) in [7, 11) is 1.78. The minimum atomic E-state index is -0.149. The Hall–Kier alpha value is -1.35. The Balaban J connectivity index is 2.26. The fourth-order valence-corrected chi connectivity index (χ4v) is 1.70. The van der Waals surface area contributed by atoms with Crippen LogP contribution in [0.3, 0.4) is 0 Å². The predicted octanol–water partition coefficient (Wildman–Crippen LogP) is 1.41. The molecule has 1 heterocycles. The fourth-order valence-electron chi connectivity index (χ4n) is 1.70. The van der Waals surface area contributed by atoms with Crippen molar-refractivity contribution in [3.05, 3.63) is 29.3 Å². The van der Waals surface area contributed by atoms with E-state index >= 15 is 0 Å². The summed E-state index contributed by atoms with van der Waals surface area (Å²) in [5.41, 5.74) is 1.92. The van der Waals surface area contributed by atoms with E-state index in [9.17, 15) is 4.79 Å². The van der Waals surface area contributed by atoms with Crippen LogP contribution in [0.2, 0.25) is 0 Å². The molecule has 3 nitrogen and oxygen atoms in total. The Morgan fingerprint density at radius 1 is 1.53 bits per heavy atom. The standard InChI is InChI=1S/C12H15NO2/c1-8(13-2)12(14)10-4-3-9-5-6-15-11(9)7-10/h3-4,7-8,13H,5-6H2,1-2H3. The molecule has 80 valence electrons. The number of rotatable bonds is 3. The van der Waals surface area contributed by atoms with Crippen LogP contribution in [0.4, 0.5) is 0 Å². The first-order chi connectivity index (χ1) is 7.22. The first-order valence-corrected chi connectivity index (χ1v) is 5.19. The van der Waals surface area contributed by atoms with Gasteiger partial charge in [-0.25, -0.2) is 0 Å². The summed E-state index contributed by atoms with van der Waals surface area (Å²) in [5.74, 6) is 0.972. The van der Waals surface area contributed by atoms with Gasteiger partial charge in [-0.05, 0) is 25.6 Å². The minimum Gasteiger partial charge on any atom is -0.493 e. The van der Waals surface area contributed by atoms with Gasteiger partial charge >= 0.3 is 0 Å². The summed E-state index contributed by atoms with van der Waals surface area (Å²) in [6.45, 7) is 2.59. The number of ketones is 1. The fraction of sp³-hybridized carbons (Fsp3) is 0.417. The van der Waals surface area contributed by atoms with Crippen molar-refractivity contribution in [3.63, 3.8) is 0 Å². The van der Waals surface area contributed by atoms with Gasteiger partial charge in [-0.2, -0.15) is 0 Å². The lowest BCUT2D eigenvalue weighted by atomic mass is 10.0. The van der Waals surface area contributed by atoms with Gasteiger partial charge in [0.25, 0.3) is 0 Å². The molecule has 0 spiro atoms. The van der Waals surface area contributed by atoms with Gasteiger partial charge in [-0.1, -0.05) is 12.1 Å². The van der Waals surface area contributed by atoms with E-state index in [0.717, 1.165) is 24.3 Å². The van der Waals surface area contributed by atoms with Gasteiger partial charge < -0.3 is 10.1 Å². The quantitative estimate of drug-likeness (QED) is 0.758. The molecule has 15 heavy (non-hydrogen) atoms. The third-order valence-electron chi connectivity index (χ3n) is 2.81. The molecule has 1 aliphatic heterocycles. The average Bonchev–Trinajstić information content (AvgIpc) is 2.73. The summed E-state index contributed by atoms with van der Waals surface area (Å²) in [5, 5.41) is 2.94. The van der Waals surface area contributed by atoms with E-state index in [-0.39, 0.29) is 11.8 Å². The van der Waals surface area contributed by atoms with Crippen molar-refractivity contribution in [1.82, 2.24) is 5.32 Å². The number of benzene rings is 1. The third kappa shape index (κ3) is 1.88. The van der Waals surface area contributed by atoms with Gasteiger partial charge in [-0.3, -0.25) is 4.79 Å². The predicted molar refractivity (Wildman–Crippen MR) is 58.5 cm³/mol. The van der Waals surface area contributed by atoms with Crippen LogP contribution in [-0.2, 0) is 6.42 Å². The molecule has 0 saturated carbocycles. The largest absolute Gasteiger partial charge is 0.493 e. The number of carbonyl (C=O) groups is 1. The van der Waals surface area contributed by atoms with E-state index in [1.165, 1.54) is 5.56 Å². The van der Waals surface area contributed by atoms with Crippen molar-refractivity contribution < 1.29 is 9.53 Å². The van der Waals surface area contributed by atoms with Crippen LogP contribution >= 0.6 is 0 Å². The van der Waals surface area contributed by atoms with Crippen molar-refractivity contribution in [2.45, 2.75) is 19.4 Å². The Bertz CT molecular complexity index is 387. The van der Waals surface area contributed by atoms with Gasteiger partial charge in [0, 0.05) is 12.0 Å². The highest BCUT2D eigenvalue weighted by Gasteiger charge is 2.17. The summed E-state index contributed by atoms with van der Waals surface area (Å²) in [6.07, 6.45) is 0.950. The summed E-state index contributed by atoms with van der Waals surface area (Å²) in [4.78, 5) is 11.9. The number of nitrogens with one attached hydrogen (secondary N) is 1. The summed E-state index contributed by atoms with van der Waals surface area (Å²) >= 11 is 0. The van der Waals surface area contributed by atoms with Gasteiger partial charge in [0.2, 0.25) is 0 Å². The Morgan fingerprint density at radius 2 is 2.33 bits per heavy atom. The van der Waals surface area contributed by atoms with E-state index in [1.807, 2.05) is 25.1 Å². The topological polar surface area (TPSA) is 38.3 Å². The first kappa shape index (κ1) is 10.2. The second-order valence-electron chi connectivity index (χ2n) is 3.80. The molecule has 1 aromatic rings. The number of ether oxygens (including phenoxy) is 1. The highest BCUT2D eigenvalue weighted by molar-refractivity contribution is 6.00. The zero-order valence-corrected chi connectivity index (χ0v) is 9.04. The molecule has 0 aromatic heterocycles. The molecule has 1 aliphatic rings. The van der Waals surface area contributed by atoms with Crippen LogP contribution < -0.4 is 10.1 Å². The van der Waals surface area contributed by atoms with E-state index in [1.54, 1.807) is 7.05 Å². The average molecular weight is 205 g/mol. The van der Waals surface area contributed by atoms with E-state index in [2.05, 4.69) is 5.32 Å². The number of Topliss-reactive ketones (excluding diaryl/α,β-unsaturated/α-hetero) is 1. The van der Waals surface area contributed by atoms with Crippen LogP contribution in [0.15, 0.2) is 18.2 Å². The lowest BCUT2D eigenvalue weighted by Crippen LogP contribution is -2.30. The zero-order chi connectivity index (χ0) is 10.8. The highest BCUT2D eigenvalue weighted by atomic mass is 16.5. The van der Waals surface area contributed by atoms with Crippen LogP contribution in [0.25, 0.3) is 0 Å². The van der Waals surface area contributed by atoms with Crippen LogP contribution in [0, 0.1) is 0 Å². The number of carbonyl (C=O) groups excluding carboxylic acids is 1. The maximum absolute atomic E-state index is 11.9. The van der Waals surface area contributed by atoms with Crippen molar-refractivity contribution in [1.29, 1.82) is 0 Å². The normalized spacial score (nSPS) is 15.6. The molecular formula is C12H15NO2. The monoisotopic (exact) mass is 205 g/mol. The molecule has 3 heteroatoms. The third-order valence-corrected chi connectivity index (χ3v) is 2.81. The highest BCUT2D eigenvalue weighted by Crippen LogP contribution is 2.26. The molecule has 1 atom stereocenters. The zero-order valence-electron chi connectivity index (χ0n) is 9.04. The second kappa shape index (κ2) is 4.03. The Labute approximate surface area is 89.4 Å². The number of likely N-dealkylation sites (N-methyl/N-ethyl adjacent to an activating group) is 1. The molecule has 0 aliphatic carbocycles. The SMILES string of the molecule is CNC(C)C(=O)c1ccc2c(c1)OCC2. The van der Waals surface area contributed by atoms with Crippen LogP contribution in [0.1, 0.15) is 22.8 Å². The van der Waals surface area contributed by atoms with Crippen LogP contribution in [-0.4, -0.2) is 25.5 Å². The van der Waals surface area contributed by atoms with Crippen molar-refractivity contribution in [2.75, 3.05) is 13.7 Å². The van der Waals surface area contributed by atoms with E-state index in [4.69, 9.17) is 4.74 Å². The van der Waals surface area contributed by atoms with E-state index in [0.29, 0.717) is 0 Å². The molecular weight excluding hydrogens is 190 g/mol. The lowest BCUT2D eigenvalue weighted by Gasteiger charge is -2.09.